The smallest absolute Gasteiger partial charge is 0.0288 e. The molecule has 0 N–H and O–H groups in total. The highest BCUT2D eigenvalue weighted by Gasteiger charge is 2.33. The van der Waals surface area contributed by atoms with Gasteiger partial charge in [-0.05, 0) is 82.7 Å². The number of allylic oxidation sites excluding steroid dienone is 5. The average molecular weight is 398 g/mol. The van der Waals surface area contributed by atoms with Gasteiger partial charge < -0.3 is 0 Å². The third-order valence-electron chi connectivity index (χ3n) is 8.16. The lowest BCUT2D eigenvalue weighted by Gasteiger charge is -2.43. The van der Waals surface area contributed by atoms with Crippen molar-refractivity contribution in [2.24, 2.45) is 17.3 Å². The molecule has 0 bridgehead atoms. The van der Waals surface area contributed by atoms with Gasteiger partial charge >= 0.3 is 0 Å². The van der Waals surface area contributed by atoms with E-state index in [4.69, 9.17) is 0 Å². The molecule has 1 unspecified atom stereocenters. The Morgan fingerprint density at radius 3 is 2.21 bits per heavy atom. The minimum absolute atomic E-state index is 0.284. The van der Waals surface area contributed by atoms with Gasteiger partial charge in [0.15, 0.2) is 0 Å². The Bertz CT molecular complexity index is 602. The molecule has 3 rings (SSSR count). The van der Waals surface area contributed by atoms with Crippen LogP contribution >= 0.6 is 0 Å². The Balaban J connectivity index is 1.63. The fourth-order valence-electron chi connectivity index (χ4n) is 6.20. The van der Waals surface area contributed by atoms with E-state index in [1.807, 2.05) is 0 Å². The van der Waals surface area contributed by atoms with E-state index < -0.39 is 0 Å². The van der Waals surface area contributed by atoms with Crippen LogP contribution in [0.15, 0.2) is 34.9 Å². The van der Waals surface area contributed by atoms with Crippen molar-refractivity contribution in [3.63, 3.8) is 0 Å². The Morgan fingerprint density at radius 1 is 1.00 bits per heavy atom. The van der Waals surface area contributed by atoms with Crippen LogP contribution in [-0.2, 0) is 0 Å². The van der Waals surface area contributed by atoms with Crippen LogP contribution < -0.4 is 0 Å². The molecule has 1 aliphatic heterocycles. The van der Waals surface area contributed by atoms with E-state index in [0.29, 0.717) is 6.04 Å². The zero-order valence-electron chi connectivity index (χ0n) is 20.1. The zero-order valence-corrected chi connectivity index (χ0v) is 20.1. The molecule has 1 heterocycles. The molecule has 1 saturated carbocycles. The second-order valence-corrected chi connectivity index (χ2v) is 11.0. The van der Waals surface area contributed by atoms with Gasteiger partial charge in [-0.1, -0.05) is 87.8 Å². The summed E-state index contributed by atoms with van der Waals surface area (Å²) in [5.41, 5.74) is 5.05. The Labute approximate surface area is 181 Å². The van der Waals surface area contributed by atoms with Gasteiger partial charge in [-0.15, -0.1) is 0 Å². The molecule has 0 aromatic heterocycles. The van der Waals surface area contributed by atoms with E-state index in [1.54, 1.807) is 11.1 Å². The maximum atomic E-state index is 2.82. The summed E-state index contributed by atoms with van der Waals surface area (Å²) in [5, 5.41) is 0. The lowest BCUT2D eigenvalue weighted by atomic mass is 9.73. The summed E-state index contributed by atoms with van der Waals surface area (Å²) in [4.78, 5) is 2.82. The van der Waals surface area contributed by atoms with Crippen LogP contribution in [0.1, 0.15) is 105 Å². The van der Waals surface area contributed by atoms with Crippen molar-refractivity contribution in [3.8, 4) is 0 Å². The molecule has 1 heteroatoms. The summed E-state index contributed by atoms with van der Waals surface area (Å²) in [6, 6.07) is 0.597. The summed E-state index contributed by atoms with van der Waals surface area (Å²) in [7, 11) is 0. The molecule has 0 amide bonds. The van der Waals surface area contributed by atoms with Gasteiger partial charge in [0, 0.05) is 6.04 Å². The number of piperidine rings is 1. The minimum atomic E-state index is 0.284. The number of hydrogen-bond donors (Lipinski definition) is 0. The molecule has 164 valence electrons. The van der Waals surface area contributed by atoms with Crippen LogP contribution in [0.5, 0.6) is 0 Å². The number of hydrogen-bond acceptors (Lipinski definition) is 1. The molecule has 1 saturated heterocycles. The molecular formula is C28H47N. The van der Waals surface area contributed by atoms with E-state index in [9.17, 15) is 0 Å². The summed E-state index contributed by atoms with van der Waals surface area (Å²) in [6.07, 6.45) is 22.8. The van der Waals surface area contributed by atoms with E-state index in [1.165, 1.54) is 89.3 Å². The molecule has 2 fully saturated rings. The quantitative estimate of drug-likeness (QED) is 0.392. The van der Waals surface area contributed by atoms with Gasteiger partial charge in [0.05, 0.1) is 0 Å². The molecular weight excluding hydrogens is 350 g/mol. The van der Waals surface area contributed by atoms with Crippen molar-refractivity contribution in [1.82, 2.24) is 4.90 Å². The van der Waals surface area contributed by atoms with Crippen molar-refractivity contribution in [3.05, 3.63) is 34.9 Å². The highest BCUT2D eigenvalue weighted by Crippen LogP contribution is 2.41. The van der Waals surface area contributed by atoms with Crippen molar-refractivity contribution in [2.45, 2.75) is 111 Å². The number of likely N-dealkylation sites (tertiary alicyclic amines) is 1. The van der Waals surface area contributed by atoms with Gasteiger partial charge in [-0.2, -0.15) is 0 Å². The SMILES string of the molecule is CCC1=CC=C(C(C)(C)CC(C=C(C)C)N2CCC(C3CCCCC3)CC2)CC1. The highest BCUT2D eigenvalue weighted by atomic mass is 15.2. The lowest BCUT2D eigenvalue weighted by molar-refractivity contribution is 0.0950. The predicted octanol–water partition coefficient (Wildman–Crippen LogP) is 8.09. The van der Waals surface area contributed by atoms with Crippen LogP contribution in [0.25, 0.3) is 0 Å². The fourth-order valence-corrected chi connectivity index (χ4v) is 6.20. The third-order valence-corrected chi connectivity index (χ3v) is 8.16. The molecule has 0 aromatic rings. The van der Waals surface area contributed by atoms with Crippen molar-refractivity contribution in [1.29, 1.82) is 0 Å². The average Bonchev–Trinajstić information content (AvgIpc) is 2.73. The van der Waals surface area contributed by atoms with Crippen LogP contribution in [-0.4, -0.2) is 24.0 Å². The second kappa shape index (κ2) is 10.5. The summed E-state index contributed by atoms with van der Waals surface area (Å²) in [5.74, 6) is 2.04. The first-order valence-electron chi connectivity index (χ1n) is 12.7. The third kappa shape index (κ3) is 6.33. The molecule has 0 aromatic carbocycles. The van der Waals surface area contributed by atoms with E-state index in [0.717, 1.165) is 11.8 Å². The summed E-state index contributed by atoms with van der Waals surface area (Å²) >= 11 is 0. The minimum Gasteiger partial charge on any atom is -0.297 e. The van der Waals surface area contributed by atoms with Gasteiger partial charge in [0.25, 0.3) is 0 Å². The van der Waals surface area contributed by atoms with Crippen molar-refractivity contribution >= 4 is 0 Å². The molecule has 1 atom stereocenters. The Morgan fingerprint density at radius 2 is 1.66 bits per heavy atom. The Kier molecular flexibility index (Phi) is 8.25. The van der Waals surface area contributed by atoms with E-state index in [-0.39, 0.29) is 5.41 Å². The molecule has 0 radical (unpaired) electrons. The summed E-state index contributed by atoms with van der Waals surface area (Å²) in [6.45, 7) is 14.5. The van der Waals surface area contributed by atoms with Gasteiger partial charge in [0.1, 0.15) is 0 Å². The van der Waals surface area contributed by atoms with E-state index in [2.05, 4.69) is 57.7 Å². The first-order valence-corrected chi connectivity index (χ1v) is 12.7. The molecule has 2 aliphatic carbocycles. The topological polar surface area (TPSA) is 3.24 Å². The zero-order chi connectivity index (χ0) is 20.9. The molecule has 3 aliphatic rings. The number of nitrogens with zero attached hydrogens (tertiary/aromatic N) is 1. The predicted molar refractivity (Wildman–Crippen MR) is 128 cm³/mol. The largest absolute Gasteiger partial charge is 0.297 e. The van der Waals surface area contributed by atoms with Crippen molar-refractivity contribution in [2.75, 3.05) is 13.1 Å². The first kappa shape index (κ1) is 22.9. The standard InChI is InChI=1S/C28H47N/c1-6-23-12-14-26(15-13-23)28(4,5)21-27(20-22(2)3)29-18-16-25(17-19-29)24-10-8-7-9-11-24/h12,14,20,24-25,27H,6-11,13,15-19,21H2,1-5H3. The normalized spacial score (nSPS) is 24.0. The monoisotopic (exact) mass is 397 g/mol. The molecule has 1 nitrogen and oxygen atoms in total. The van der Waals surface area contributed by atoms with Crippen LogP contribution in [0, 0.1) is 17.3 Å². The maximum Gasteiger partial charge on any atom is 0.0288 e. The van der Waals surface area contributed by atoms with Gasteiger partial charge in [-0.25, -0.2) is 0 Å². The number of rotatable bonds is 7. The van der Waals surface area contributed by atoms with Crippen LogP contribution in [0.3, 0.4) is 0 Å². The van der Waals surface area contributed by atoms with Crippen LogP contribution in [0.2, 0.25) is 0 Å². The Hall–Kier alpha value is -0.820. The maximum absolute atomic E-state index is 2.82. The van der Waals surface area contributed by atoms with Crippen molar-refractivity contribution < 1.29 is 0 Å². The lowest BCUT2D eigenvalue weighted by Crippen LogP contribution is -2.44. The summed E-state index contributed by atoms with van der Waals surface area (Å²) < 4.78 is 0. The second-order valence-electron chi connectivity index (χ2n) is 11.0. The van der Waals surface area contributed by atoms with Crippen LogP contribution in [0.4, 0.5) is 0 Å². The first-order chi connectivity index (χ1) is 13.9. The highest BCUT2D eigenvalue weighted by molar-refractivity contribution is 5.28. The fraction of sp³-hybridized carbons (Fsp3) is 0.786. The van der Waals surface area contributed by atoms with Gasteiger partial charge in [-0.3, -0.25) is 4.90 Å². The molecule has 0 spiro atoms. The van der Waals surface area contributed by atoms with Gasteiger partial charge in [0.2, 0.25) is 0 Å². The van der Waals surface area contributed by atoms with E-state index >= 15 is 0 Å². The molecule has 29 heavy (non-hydrogen) atoms.